The van der Waals surface area contributed by atoms with Gasteiger partial charge in [-0.3, -0.25) is 9.78 Å². The monoisotopic (exact) mass is 247 g/mol. The summed E-state index contributed by atoms with van der Waals surface area (Å²) >= 11 is 0. The Morgan fingerprint density at radius 3 is 2.72 bits per heavy atom. The van der Waals surface area contributed by atoms with Crippen molar-refractivity contribution in [2.75, 3.05) is 0 Å². The molecule has 98 valence electrons. The average molecular weight is 247 g/mol. The predicted molar refractivity (Wildman–Crippen MR) is 70.7 cm³/mol. The number of nitrogens with two attached hydrogens (primary N) is 1. The Morgan fingerprint density at radius 2 is 2.11 bits per heavy atom. The van der Waals surface area contributed by atoms with E-state index in [4.69, 9.17) is 5.73 Å². The summed E-state index contributed by atoms with van der Waals surface area (Å²) in [4.78, 5) is 16.4. The first-order valence-electron chi connectivity index (χ1n) is 6.63. The number of carbonyl (C=O) groups excluding carboxylic acids is 1. The van der Waals surface area contributed by atoms with E-state index < -0.39 is 0 Å². The maximum atomic E-state index is 12.1. The lowest BCUT2D eigenvalue weighted by atomic mass is 9.86. The van der Waals surface area contributed by atoms with Gasteiger partial charge in [-0.05, 0) is 44.7 Å². The van der Waals surface area contributed by atoms with Crippen LogP contribution in [-0.2, 0) is 4.79 Å². The Morgan fingerprint density at radius 1 is 1.39 bits per heavy atom. The van der Waals surface area contributed by atoms with Crippen LogP contribution in [0.5, 0.6) is 0 Å². The van der Waals surface area contributed by atoms with Gasteiger partial charge in [0.05, 0.1) is 11.7 Å². The van der Waals surface area contributed by atoms with Crippen LogP contribution in [0.1, 0.15) is 44.3 Å². The van der Waals surface area contributed by atoms with E-state index in [0.29, 0.717) is 0 Å². The highest BCUT2D eigenvalue weighted by Gasteiger charge is 2.25. The highest BCUT2D eigenvalue weighted by atomic mass is 16.1. The van der Waals surface area contributed by atoms with Gasteiger partial charge in [0, 0.05) is 18.2 Å². The van der Waals surface area contributed by atoms with Crippen LogP contribution < -0.4 is 11.1 Å². The highest BCUT2D eigenvalue weighted by Crippen LogP contribution is 2.24. The summed E-state index contributed by atoms with van der Waals surface area (Å²) in [6.07, 6.45) is 5.47. The van der Waals surface area contributed by atoms with E-state index in [0.717, 1.165) is 31.4 Å². The first-order chi connectivity index (χ1) is 8.66. The fourth-order valence-electron chi connectivity index (χ4n) is 2.42. The number of carbonyl (C=O) groups is 1. The summed E-state index contributed by atoms with van der Waals surface area (Å²) in [6.45, 7) is 1.97. The van der Waals surface area contributed by atoms with Crippen molar-refractivity contribution in [3.8, 4) is 0 Å². The van der Waals surface area contributed by atoms with Gasteiger partial charge >= 0.3 is 0 Å². The zero-order valence-corrected chi connectivity index (χ0v) is 10.8. The summed E-state index contributed by atoms with van der Waals surface area (Å²) in [5.41, 5.74) is 6.75. The summed E-state index contributed by atoms with van der Waals surface area (Å²) in [5, 5.41) is 3.04. The molecule has 4 nitrogen and oxygen atoms in total. The number of nitrogens with zero attached hydrogens (tertiary/aromatic N) is 1. The number of hydrogen-bond acceptors (Lipinski definition) is 3. The smallest absolute Gasteiger partial charge is 0.223 e. The van der Waals surface area contributed by atoms with Gasteiger partial charge < -0.3 is 11.1 Å². The summed E-state index contributed by atoms with van der Waals surface area (Å²) in [5.74, 6) is 0.260. The Hall–Kier alpha value is -1.42. The zero-order chi connectivity index (χ0) is 13.0. The number of pyridine rings is 1. The Kier molecular flexibility index (Phi) is 4.31. The molecule has 0 bridgehead atoms. The molecule has 0 spiro atoms. The number of amides is 1. The van der Waals surface area contributed by atoms with Gasteiger partial charge in [-0.15, -0.1) is 0 Å². The van der Waals surface area contributed by atoms with E-state index in [-0.39, 0.29) is 23.9 Å². The molecular formula is C14H21N3O. The van der Waals surface area contributed by atoms with E-state index in [1.807, 2.05) is 25.1 Å². The van der Waals surface area contributed by atoms with Crippen LogP contribution in [0.2, 0.25) is 0 Å². The molecule has 2 rings (SSSR count). The first kappa shape index (κ1) is 13.0. The minimum atomic E-state index is -0.0331. The Bertz CT molecular complexity index is 385. The highest BCUT2D eigenvalue weighted by molar-refractivity contribution is 5.79. The fourth-order valence-corrected chi connectivity index (χ4v) is 2.42. The van der Waals surface area contributed by atoms with Crippen LogP contribution in [0.3, 0.4) is 0 Å². The van der Waals surface area contributed by atoms with Crippen molar-refractivity contribution in [3.05, 3.63) is 30.1 Å². The fraction of sp³-hybridized carbons (Fsp3) is 0.571. The van der Waals surface area contributed by atoms with Gasteiger partial charge in [0.2, 0.25) is 5.91 Å². The van der Waals surface area contributed by atoms with E-state index in [1.54, 1.807) is 6.20 Å². The van der Waals surface area contributed by atoms with E-state index in [2.05, 4.69) is 10.3 Å². The van der Waals surface area contributed by atoms with Crippen molar-refractivity contribution >= 4 is 5.91 Å². The molecule has 0 radical (unpaired) electrons. The third kappa shape index (κ3) is 3.29. The van der Waals surface area contributed by atoms with Crippen LogP contribution in [0.4, 0.5) is 0 Å². The quantitative estimate of drug-likeness (QED) is 0.855. The third-order valence-corrected chi connectivity index (χ3v) is 3.63. The average Bonchev–Trinajstić information content (AvgIpc) is 2.40. The van der Waals surface area contributed by atoms with E-state index in [9.17, 15) is 4.79 Å². The molecule has 1 saturated carbocycles. The standard InChI is InChI=1S/C14H21N3O/c1-10(13-4-2-3-9-16-13)17-14(18)11-5-7-12(15)8-6-11/h2-4,9-12H,5-8,15H2,1H3,(H,17,18)/t10-,11?,12?/m0/s1. The molecule has 1 fully saturated rings. The number of rotatable bonds is 3. The SMILES string of the molecule is C[C@H](NC(=O)C1CCC(N)CC1)c1ccccn1. The van der Waals surface area contributed by atoms with Crippen LogP contribution in [-0.4, -0.2) is 16.9 Å². The van der Waals surface area contributed by atoms with Crippen LogP contribution in [0, 0.1) is 5.92 Å². The molecule has 1 aromatic heterocycles. The summed E-state index contributed by atoms with van der Waals surface area (Å²) < 4.78 is 0. The van der Waals surface area contributed by atoms with Crippen LogP contribution in [0.15, 0.2) is 24.4 Å². The minimum Gasteiger partial charge on any atom is -0.348 e. The second kappa shape index (κ2) is 5.96. The van der Waals surface area contributed by atoms with Crippen LogP contribution >= 0.6 is 0 Å². The molecule has 0 aliphatic heterocycles. The van der Waals surface area contributed by atoms with Gasteiger partial charge in [0.25, 0.3) is 0 Å². The van der Waals surface area contributed by atoms with Gasteiger partial charge in [-0.1, -0.05) is 6.07 Å². The minimum absolute atomic E-state index is 0.0331. The first-order valence-corrected chi connectivity index (χ1v) is 6.63. The molecule has 0 saturated heterocycles. The number of hydrogen-bond donors (Lipinski definition) is 2. The normalized spacial score (nSPS) is 25.4. The lowest BCUT2D eigenvalue weighted by Crippen LogP contribution is -2.37. The van der Waals surface area contributed by atoms with Crippen molar-refractivity contribution in [1.29, 1.82) is 0 Å². The maximum Gasteiger partial charge on any atom is 0.223 e. The number of nitrogens with one attached hydrogen (secondary N) is 1. The Balaban J connectivity index is 1.87. The Labute approximate surface area is 108 Å². The maximum absolute atomic E-state index is 12.1. The van der Waals surface area contributed by atoms with E-state index in [1.165, 1.54) is 0 Å². The van der Waals surface area contributed by atoms with Gasteiger partial charge in [0.1, 0.15) is 0 Å². The predicted octanol–water partition coefficient (Wildman–Crippen LogP) is 1.78. The molecule has 1 aliphatic carbocycles. The van der Waals surface area contributed by atoms with Gasteiger partial charge in [0.15, 0.2) is 0 Å². The molecule has 1 atom stereocenters. The largest absolute Gasteiger partial charge is 0.348 e. The molecular weight excluding hydrogens is 226 g/mol. The second-order valence-electron chi connectivity index (χ2n) is 5.10. The zero-order valence-electron chi connectivity index (χ0n) is 10.8. The molecule has 1 amide bonds. The lowest BCUT2D eigenvalue weighted by molar-refractivity contribution is -0.126. The van der Waals surface area contributed by atoms with Gasteiger partial charge in [-0.2, -0.15) is 0 Å². The van der Waals surface area contributed by atoms with Crippen molar-refractivity contribution in [3.63, 3.8) is 0 Å². The number of aromatic nitrogens is 1. The summed E-state index contributed by atoms with van der Waals surface area (Å²) in [7, 11) is 0. The van der Waals surface area contributed by atoms with Crippen molar-refractivity contribution in [2.45, 2.75) is 44.7 Å². The van der Waals surface area contributed by atoms with Gasteiger partial charge in [-0.25, -0.2) is 0 Å². The lowest BCUT2D eigenvalue weighted by Gasteiger charge is -2.26. The van der Waals surface area contributed by atoms with Crippen molar-refractivity contribution in [2.24, 2.45) is 11.7 Å². The molecule has 1 heterocycles. The van der Waals surface area contributed by atoms with E-state index >= 15 is 0 Å². The van der Waals surface area contributed by atoms with Crippen molar-refractivity contribution in [1.82, 2.24) is 10.3 Å². The molecule has 1 aliphatic rings. The van der Waals surface area contributed by atoms with Crippen LogP contribution in [0.25, 0.3) is 0 Å². The molecule has 0 unspecified atom stereocenters. The molecule has 18 heavy (non-hydrogen) atoms. The molecule has 3 N–H and O–H groups in total. The molecule has 1 aromatic rings. The topological polar surface area (TPSA) is 68.0 Å². The third-order valence-electron chi connectivity index (χ3n) is 3.63. The summed E-state index contributed by atoms with van der Waals surface area (Å²) in [6, 6.07) is 5.99. The molecule has 4 heteroatoms. The van der Waals surface area contributed by atoms with Crippen molar-refractivity contribution < 1.29 is 4.79 Å². The second-order valence-corrected chi connectivity index (χ2v) is 5.10. The molecule has 0 aromatic carbocycles.